The van der Waals surface area contributed by atoms with E-state index in [9.17, 15) is 4.79 Å². The van der Waals surface area contributed by atoms with Gasteiger partial charge in [-0.2, -0.15) is 0 Å². The van der Waals surface area contributed by atoms with Crippen LogP contribution < -0.4 is 4.74 Å². The van der Waals surface area contributed by atoms with Crippen LogP contribution in [0.5, 0.6) is 5.75 Å². The van der Waals surface area contributed by atoms with Crippen LogP contribution in [0.15, 0.2) is 24.3 Å². The highest BCUT2D eigenvalue weighted by atomic mass is 16.5. The Morgan fingerprint density at radius 1 is 1.19 bits per heavy atom. The summed E-state index contributed by atoms with van der Waals surface area (Å²) in [6, 6.07) is 7.32. The lowest BCUT2D eigenvalue weighted by Crippen LogP contribution is -2.07. The topological polar surface area (TPSA) is 35.5 Å². The van der Waals surface area contributed by atoms with Gasteiger partial charge in [-0.15, -0.1) is 0 Å². The maximum atomic E-state index is 11.9. The zero-order valence-electron chi connectivity index (χ0n) is 9.86. The average Bonchev–Trinajstić information content (AvgIpc) is 2.30. The first-order chi connectivity index (χ1) is 7.79. The third kappa shape index (κ3) is 3.66. The molecule has 0 heterocycles. The van der Waals surface area contributed by atoms with Gasteiger partial charge in [-0.3, -0.25) is 4.79 Å². The number of para-hydroxylation sites is 1. The summed E-state index contributed by atoms with van der Waals surface area (Å²) >= 11 is 0. The van der Waals surface area contributed by atoms with Gasteiger partial charge >= 0.3 is 0 Å². The van der Waals surface area contributed by atoms with Crippen LogP contribution in [-0.2, 0) is 4.74 Å². The number of benzene rings is 1. The van der Waals surface area contributed by atoms with E-state index >= 15 is 0 Å². The van der Waals surface area contributed by atoms with Gasteiger partial charge in [0.05, 0.1) is 18.8 Å². The van der Waals surface area contributed by atoms with Gasteiger partial charge in [-0.1, -0.05) is 12.1 Å². The molecule has 0 saturated heterocycles. The standard InChI is InChI=1S/C13H18O3/c1-3-15-10-9-12(14)11-7-5-6-8-13(11)16-4-2/h5-8H,3-4,9-10H2,1-2H3. The Kier molecular flexibility index (Phi) is 5.57. The first-order valence-electron chi connectivity index (χ1n) is 5.62. The van der Waals surface area contributed by atoms with Gasteiger partial charge in [-0.25, -0.2) is 0 Å². The highest BCUT2D eigenvalue weighted by molar-refractivity contribution is 5.98. The van der Waals surface area contributed by atoms with Gasteiger partial charge in [0.2, 0.25) is 0 Å². The molecule has 88 valence electrons. The van der Waals surface area contributed by atoms with Gasteiger partial charge in [0.15, 0.2) is 5.78 Å². The second-order valence-electron chi connectivity index (χ2n) is 3.30. The number of Topliss-reactive ketones (excluding diaryl/α,β-unsaturated/α-hetero) is 1. The monoisotopic (exact) mass is 222 g/mol. The Morgan fingerprint density at radius 2 is 1.94 bits per heavy atom. The third-order valence-corrected chi connectivity index (χ3v) is 2.16. The molecule has 0 aromatic heterocycles. The Morgan fingerprint density at radius 3 is 2.62 bits per heavy atom. The van der Waals surface area contributed by atoms with Crippen molar-refractivity contribution in [2.75, 3.05) is 19.8 Å². The molecule has 0 aliphatic carbocycles. The normalized spacial score (nSPS) is 10.1. The fraction of sp³-hybridized carbons (Fsp3) is 0.462. The summed E-state index contributed by atoms with van der Waals surface area (Å²) < 4.78 is 10.6. The Balaban J connectivity index is 2.66. The van der Waals surface area contributed by atoms with E-state index in [2.05, 4.69) is 0 Å². The summed E-state index contributed by atoms with van der Waals surface area (Å²) in [5, 5.41) is 0. The molecule has 0 unspecified atom stereocenters. The molecule has 1 aromatic rings. The zero-order chi connectivity index (χ0) is 11.8. The maximum Gasteiger partial charge on any atom is 0.168 e. The minimum Gasteiger partial charge on any atom is -0.493 e. The van der Waals surface area contributed by atoms with E-state index in [1.165, 1.54) is 0 Å². The summed E-state index contributed by atoms with van der Waals surface area (Å²) in [4.78, 5) is 11.9. The maximum absolute atomic E-state index is 11.9. The molecule has 0 bridgehead atoms. The van der Waals surface area contributed by atoms with Gasteiger partial charge in [-0.05, 0) is 26.0 Å². The van der Waals surface area contributed by atoms with Gasteiger partial charge < -0.3 is 9.47 Å². The van der Waals surface area contributed by atoms with Crippen molar-refractivity contribution in [3.8, 4) is 5.75 Å². The minimum atomic E-state index is 0.0671. The lowest BCUT2D eigenvalue weighted by Gasteiger charge is -2.08. The quantitative estimate of drug-likeness (QED) is 0.525. The predicted molar refractivity (Wildman–Crippen MR) is 63.1 cm³/mol. The average molecular weight is 222 g/mol. The lowest BCUT2D eigenvalue weighted by atomic mass is 10.1. The second kappa shape index (κ2) is 7.01. The van der Waals surface area contributed by atoms with Crippen molar-refractivity contribution in [3.63, 3.8) is 0 Å². The zero-order valence-corrected chi connectivity index (χ0v) is 9.86. The van der Waals surface area contributed by atoms with Crippen LogP contribution in [0.3, 0.4) is 0 Å². The van der Waals surface area contributed by atoms with Crippen LogP contribution in [0.2, 0.25) is 0 Å². The SMILES string of the molecule is CCOCCC(=O)c1ccccc1OCC. The van der Waals surface area contributed by atoms with Crippen LogP contribution in [0.25, 0.3) is 0 Å². The number of rotatable bonds is 7. The fourth-order valence-corrected chi connectivity index (χ4v) is 1.42. The van der Waals surface area contributed by atoms with Crippen molar-refractivity contribution in [3.05, 3.63) is 29.8 Å². The molecule has 0 fully saturated rings. The molecule has 16 heavy (non-hydrogen) atoms. The van der Waals surface area contributed by atoms with Crippen LogP contribution in [0, 0.1) is 0 Å². The van der Waals surface area contributed by atoms with E-state index in [1.807, 2.05) is 32.0 Å². The van der Waals surface area contributed by atoms with E-state index in [-0.39, 0.29) is 5.78 Å². The fourth-order valence-electron chi connectivity index (χ4n) is 1.42. The Bertz CT molecular complexity index is 334. The molecular weight excluding hydrogens is 204 g/mol. The van der Waals surface area contributed by atoms with E-state index < -0.39 is 0 Å². The molecule has 3 heteroatoms. The molecule has 0 N–H and O–H groups in total. The van der Waals surface area contributed by atoms with Crippen molar-refractivity contribution in [2.45, 2.75) is 20.3 Å². The molecule has 0 saturated carbocycles. The summed E-state index contributed by atoms with van der Waals surface area (Å²) in [6.07, 6.45) is 0.401. The minimum absolute atomic E-state index is 0.0671. The number of ether oxygens (including phenoxy) is 2. The van der Waals surface area contributed by atoms with Gasteiger partial charge in [0, 0.05) is 13.0 Å². The molecule has 0 amide bonds. The summed E-state index contributed by atoms with van der Waals surface area (Å²) in [5.41, 5.74) is 0.643. The molecule has 0 aliphatic rings. The van der Waals surface area contributed by atoms with Crippen LogP contribution >= 0.6 is 0 Å². The highest BCUT2D eigenvalue weighted by Gasteiger charge is 2.11. The largest absolute Gasteiger partial charge is 0.493 e. The summed E-state index contributed by atoms with van der Waals surface area (Å²) in [5.74, 6) is 0.726. The number of hydrogen-bond acceptors (Lipinski definition) is 3. The van der Waals surface area contributed by atoms with Crippen molar-refractivity contribution in [1.29, 1.82) is 0 Å². The molecular formula is C13H18O3. The highest BCUT2D eigenvalue weighted by Crippen LogP contribution is 2.19. The first-order valence-corrected chi connectivity index (χ1v) is 5.62. The summed E-state index contributed by atoms with van der Waals surface area (Å²) in [7, 11) is 0. The van der Waals surface area contributed by atoms with E-state index in [0.29, 0.717) is 37.6 Å². The van der Waals surface area contributed by atoms with Crippen molar-refractivity contribution >= 4 is 5.78 Å². The number of hydrogen-bond donors (Lipinski definition) is 0. The Labute approximate surface area is 96.4 Å². The Hall–Kier alpha value is -1.35. The van der Waals surface area contributed by atoms with Crippen LogP contribution in [-0.4, -0.2) is 25.6 Å². The molecule has 0 spiro atoms. The second-order valence-corrected chi connectivity index (χ2v) is 3.30. The van der Waals surface area contributed by atoms with Crippen molar-refractivity contribution < 1.29 is 14.3 Å². The molecule has 0 atom stereocenters. The van der Waals surface area contributed by atoms with Crippen LogP contribution in [0.4, 0.5) is 0 Å². The van der Waals surface area contributed by atoms with Crippen molar-refractivity contribution in [1.82, 2.24) is 0 Å². The van der Waals surface area contributed by atoms with E-state index in [4.69, 9.17) is 9.47 Å². The predicted octanol–water partition coefficient (Wildman–Crippen LogP) is 2.69. The molecule has 0 radical (unpaired) electrons. The smallest absolute Gasteiger partial charge is 0.168 e. The number of carbonyl (C=O) groups is 1. The van der Waals surface area contributed by atoms with Crippen LogP contribution in [0.1, 0.15) is 30.6 Å². The van der Waals surface area contributed by atoms with E-state index in [0.717, 1.165) is 0 Å². The number of ketones is 1. The molecule has 0 aliphatic heterocycles. The first kappa shape index (κ1) is 12.7. The summed E-state index contributed by atoms with van der Waals surface area (Å²) in [6.45, 7) is 5.49. The molecule has 3 nitrogen and oxygen atoms in total. The third-order valence-electron chi connectivity index (χ3n) is 2.16. The lowest BCUT2D eigenvalue weighted by molar-refractivity contribution is 0.0892. The molecule has 1 aromatic carbocycles. The van der Waals surface area contributed by atoms with E-state index in [1.54, 1.807) is 6.07 Å². The van der Waals surface area contributed by atoms with Crippen molar-refractivity contribution in [2.24, 2.45) is 0 Å². The number of carbonyl (C=O) groups excluding carboxylic acids is 1. The van der Waals surface area contributed by atoms with Gasteiger partial charge in [0.25, 0.3) is 0 Å². The van der Waals surface area contributed by atoms with Gasteiger partial charge in [0.1, 0.15) is 5.75 Å². The molecule has 1 rings (SSSR count).